The Labute approximate surface area is 127 Å². The molecular weight excluding hydrogens is 311 g/mol. The van der Waals surface area contributed by atoms with E-state index in [0.29, 0.717) is 40.3 Å². The first-order valence-corrected chi connectivity index (χ1v) is 6.86. The van der Waals surface area contributed by atoms with Crippen LogP contribution in [0.3, 0.4) is 0 Å². The fourth-order valence-electron chi connectivity index (χ4n) is 1.34. The summed E-state index contributed by atoms with van der Waals surface area (Å²) >= 11 is 17.7. The van der Waals surface area contributed by atoms with Gasteiger partial charge in [0.2, 0.25) is 5.91 Å². The highest BCUT2D eigenvalue weighted by Gasteiger charge is 2.09. The van der Waals surface area contributed by atoms with Crippen LogP contribution in [0.1, 0.15) is 6.42 Å². The molecule has 0 unspecified atom stereocenters. The molecule has 0 aliphatic heterocycles. The molecular formula is C12H15Cl3N2O2. The van der Waals surface area contributed by atoms with Crippen LogP contribution < -0.4 is 15.4 Å². The monoisotopic (exact) mass is 324 g/mol. The normalized spacial score (nSPS) is 10.3. The van der Waals surface area contributed by atoms with Crippen LogP contribution in [0.15, 0.2) is 12.1 Å². The Hall–Kier alpha value is -0.680. The number of ether oxygens (including phenoxy) is 1. The largest absolute Gasteiger partial charge is 0.489 e. The van der Waals surface area contributed by atoms with Crippen LogP contribution in [0, 0.1) is 0 Å². The van der Waals surface area contributed by atoms with Gasteiger partial charge < -0.3 is 15.4 Å². The van der Waals surface area contributed by atoms with Gasteiger partial charge in [-0.25, -0.2) is 0 Å². The van der Waals surface area contributed by atoms with E-state index in [1.807, 2.05) is 0 Å². The lowest BCUT2D eigenvalue weighted by atomic mass is 10.3. The van der Waals surface area contributed by atoms with Gasteiger partial charge in [-0.1, -0.05) is 34.8 Å². The number of amides is 1. The maximum Gasteiger partial charge on any atom is 0.221 e. The van der Waals surface area contributed by atoms with E-state index in [2.05, 4.69) is 10.6 Å². The van der Waals surface area contributed by atoms with Crippen LogP contribution in [0.2, 0.25) is 15.1 Å². The van der Waals surface area contributed by atoms with Gasteiger partial charge in [0, 0.05) is 18.0 Å². The van der Waals surface area contributed by atoms with Gasteiger partial charge >= 0.3 is 0 Å². The molecule has 106 valence electrons. The predicted molar refractivity (Wildman–Crippen MR) is 78.5 cm³/mol. The molecule has 0 atom stereocenters. The van der Waals surface area contributed by atoms with Crippen molar-refractivity contribution in [1.82, 2.24) is 10.6 Å². The lowest BCUT2D eigenvalue weighted by Gasteiger charge is -2.11. The minimum atomic E-state index is -0.0359. The minimum Gasteiger partial charge on any atom is -0.489 e. The quantitative estimate of drug-likeness (QED) is 0.758. The Morgan fingerprint density at radius 1 is 1.21 bits per heavy atom. The van der Waals surface area contributed by atoms with E-state index in [4.69, 9.17) is 39.5 Å². The van der Waals surface area contributed by atoms with Crippen LogP contribution >= 0.6 is 34.8 Å². The second-order valence-electron chi connectivity index (χ2n) is 3.75. The molecule has 0 aromatic heterocycles. The van der Waals surface area contributed by atoms with Gasteiger partial charge in [-0.3, -0.25) is 4.79 Å². The summed E-state index contributed by atoms with van der Waals surface area (Å²) in [6, 6.07) is 3.10. The van der Waals surface area contributed by atoms with Crippen LogP contribution in [-0.4, -0.2) is 32.7 Å². The lowest BCUT2D eigenvalue weighted by molar-refractivity contribution is -0.121. The molecule has 7 heteroatoms. The van der Waals surface area contributed by atoms with E-state index in [0.717, 1.165) is 0 Å². The Bertz CT molecular complexity index is 418. The zero-order valence-electron chi connectivity index (χ0n) is 10.4. The van der Waals surface area contributed by atoms with Gasteiger partial charge in [-0.15, -0.1) is 0 Å². The number of benzene rings is 1. The molecule has 1 aromatic rings. The van der Waals surface area contributed by atoms with Gasteiger partial charge in [0.05, 0.1) is 16.6 Å². The van der Waals surface area contributed by atoms with Crippen molar-refractivity contribution in [2.24, 2.45) is 0 Å². The number of carbonyl (C=O) groups excluding carboxylic acids is 1. The summed E-state index contributed by atoms with van der Waals surface area (Å²) < 4.78 is 5.42. The summed E-state index contributed by atoms with van der Waals surface area (Å²) in [5, 5.41) is 6.76. The molecule has 0 aliphatic rings. The Balaban J connectivity index is 2.36. The zero-order chi connectivity index (χ0) is 14.3. The fourth-order valence-corrected chi connectivity index (χ4v) is 2.26. The zero-order valence-corrected chi connectivity index (χ0v) is 12.7. The molecule has 0 bridgehead atoms. The average molecular weight is 326 g/mol. The Morgan fingerprint density at radius 2 is 1.84 bits per heavy atom. The van der Waals surface area contributed by atoms with E-state index in [1.54, 1.807) is 19.2 Å². The predicted octanol–water partition coefficient (Wildman–Crippen LogP) is 2.75. The Kier molecular flexibility index (Phi) is 7.31. The summed E-state index contributed by atoms with van der Waals surface area (Å²) in [6.07, 6.45) is 0.430. The molecule has 0 saturated carbocycles. The van der Waals surface area contributed by atoms with Crippen molar-refractivity contribution in [3.8, 4) is 5.75 Å². The van der Waals surface area contributed by atoms with Crippen molar-refractivity contribution in [2.45, 2.75) is 6.42 Å². The second-order valence-corrected chi connectivity index (χ2v) is 5.00. The molecule has 2 N–H and O–H groups in total. The van der Waals surface area contributed by atoms with E-state index >= 15 is 0 Å². The third-order valence-corrected chi connectivity index (χ3v) is 3.02. The van der Waals surface area contributed by atoms with Gasteiger partial charge in [0.1, 0.15) is 6.61 Å². The molecule has 0 aliphatic carbocycles. The number of nitrogens with one attached hydrogen (secondary N) is 2. The highest BCUT2D eigenvalue weighted by atomic mass is 35.5. The summed E-state index contributed by atoms with van der Waals surface area (Å²) in [5.41, 5.74) is 0. The van der Waals surface area contributed by atoms with Crippen molar-refractivity contribution in [2.75, 3.05) is 26.7 Å². The van der Waals surface area contributed by atoms with Crippen molar-refractivity contribution in [3.05, 3.63) is 27.2 Å². The number of hydrogen-bond donors (Lipinski definition) is 2. The molecule has 19 heavy (non-hydrogen) atoms. The van der Waals surface area contributed by atoms with Gasteiger partial charge in [0.25, 0.3) is 0 Å². The maximum atomic E-state index is 11.3. The van der Waals surface area contributed by atoms with Gasteiger partial charge in [-0.05, 0) is 19.2 Å². The van der Waals surface area contributed by atoms with Crippen LogP contribution in [0.4, 0.5) is 0 Å². The third kappa shape index (κ3) is 5.87. The van der Waals surface area contributed by atoms with Gasteiger partial charge in [0.15, 0.2) is 5.75 Å². The lowest BCUT2D eigenvalue weighted by Crippen LogP contribution is -2.30. The van der Waals surface area contributed by atoms with E-state index in [-0.39, 0.29) is 12.5 Å². The first-order valence-electron chi connectivity index (χ1n) is 5.73. The summed E-state index contributed by atoms with van der Waals surface area (Å²) in [4.78, 5) is 11.3. The smallest absolute Gasteiger partial charge is 0.221 e. The fraction of sp³-hybridized carbons (Fsp3) is 0.417. The van der Waals surface area contributed by atoms with Crippen molar-refractivity contribution in [1.29, 1.82) is 0 Å². The second kappa shape index (κ2) is 8.48. The molecule has 0 heterocycles. The van der Waals surface area contributed by atoms with Gasteiger partial charge in [-0.2, -0.15) is 0 Å². The van der Waals surface area contributed by atoms with Crippen LogP contribution in [0.5, 0.6) is 5.75 Å². The number of hydrogen-bond acceptors (Lipinski definition) is 3. The molecule has 0 spiro atoms. The topological polar surface area (TPSA) is 50.4 Å². The molecule has 0 radical (unpaired) electrons. The number of rotatable bonds is 7. The molecule has 1 aromatic carbocycles. The minimum absolute atomic E-state index is 0.0359. The molecule has 4 nitrogen and oxygen atoms in total. The number of carbonyl (C=O) groups is 1. The SMILES string of the molecule is CNCCC(=O)NCCOc1c(Cl)cc(Cl)cc1Cl. The molecule has 1 rings (SSSR count). The standard InChI is InChI=1S/C12H15Cl3N2O2/c1-16-3-2-11(18)17-4-5-19-12-9(14)6-8(13)7-10(12)15/h6-7,16H,2-5H2,1H3,(H,17,18). The third-order valence-electron chi connectivity index (χ3n) is 2.24. The first kappa shape index (κ1) is 16.4. The van der Waals surface area contributed by atoms with E-state index < -0.39 is 0 Å². The van der Waals surface area contributed by atoms with E-state index in [1.165, 1.54) is 0 Å². The van der Waals surface area contributed by atoms with Crippen molar-refractivity contribution < 1.29 is 9.53 Å². The Morgan fingerprint density at radius 3 is 2.42 bits per heavy atom. The molecule has 0 saturated heterocycles. The summed E-state index contributed by atoms with van der Waals surface area (Å²) in [6.45, 7) is 1.31. The number of halogens is 3. The maximum absolute atomic E-state index is 11.3. The highest BCUT2D eigenvalue weighted by molar-refractivity contribution is 6.40. The molecule has 1 amide bonds. The van der Waals surface area contributed by atoms with Crippen molar-refractivity contribution >= 4 is 40.7 Å². The summed E-state index contributed by atoms with van der Waals surface area (Å²) in [5.74, 6) is 0.337. The summed E-state index contributed by atoms with van der Waals surface area (Å²) in [7, 11) is 1.79. The van der Waals surface area contributed by atoms with Crippen molar-refractivity contribution in [3.63, 3.8) is 0 Å². The van der Waals surface area contributed by atoms with Crippen LogP contribution in [-0.2, 0) is 4.79 Å². The molecule has 0 fully saturated rings. The van der Waals surface area contributed by atoms with E-state index in [9.17, 15) is 4.79 Å². The van der Waals surface area contributed by atoms with Crippen LogP contribution in [0.25, 0.3) is 0 Å². The highest BCUT2D eigenvalue weighted by Crippen LogP contribution is 2.35. The first-order chi connectivity index (χ1) is 9.04. The average Bonchev–Trinajstić information content (AvgIpc) is 2.34.